The van der Waals surface area contributed by atoms with E-state index in [0.29, 0.717) is 30.0 Å². The smallest absolute Gasteiger partial charge is 0.257 e. The number of pyridine rings is 1. The van der Waals surface area contributed by atoms with Crippen molar-refractivity contribution >= 4 is 5.91 Å². The number of fused-ring (bicyclic) bond motifs is 1. The van der Waals surface area contributed by atoms with Crippen molar-refractivity contribution in [3.8, 4) is 5.75 Å². The monoisotopic (exact) mass is 373 g/mol. The highest BCUT2D eigenvalue weighted by atomic mass is 16.5. The molecule has 1 N–H and O–H groups in total. The van der Waals surface area contributed by atoms with Crippen LogP contribution >= 0.6 is 0 Å². The van der Waals surface area contributed by atoms with Gasteiger partial charge in [-0.15, -0.1) is 0 Å². The second-order valence-corrected chi connectivity index (χ2v) is 7.35. The molecule has 2 aromatic heterocycles. The summed E-state index contributed by atoms with van der Waals surface area (Å²) in [6.07, 6.45) is 3.63. The molecule has 1 aliphatic heterocycles. The molecule has 0 saturated carbocycles. The predicted octanol–water partition coefficient (Wildman–Crippen LogP) is 2.90. The molecule has 2 aromatic rings. The standard InChI is InChI=1S/C20H27N3O4/c1-12(2)21-20(25)19-16-8-6-5-7-9-23(16)18(24)10-17(19)26-11-15-13(3)22-27-14(15)4/h10,12H,5-9,11H2,1-4H3,(H,21,25). The summed E-state index contributed by atoms with van der Waals surface area (Å²) in [7, 11) is 0. The SMILES string of the molecule is Cc1noc(C)c1COc1cc(=O)n2c(c1C(=O)NC(C)C)CCCCC2. The van der Waals surface area contributed by atoms with Gasteiger partial charge in [0, 0.05) is 24.3 Å². The summed E-state index contributed by atoms with van der Waals surface area (Å²) in [5, 5.41) is 6.87. The van der Waals surface area contributed by atoms with Gasteiger partial charge in [0.2, 0.25) is 0 Å². The Morgan fingerprint density at radius 3 is 2.78 bits per heavy atom. The average molecular weight is 373 g/mol. The van der Waals surface area contributed by atoms with Gasteiger partial charge in [0.1, 0.15) is 23.7 Å². The van der Waals surface area contributed by atoms with Crippen LogP contribution < -0.4 is 15.6 Å². The van der Waals surface area contributed by atoms with Crippen LogP contribution in [0.15, 0.2) is 15.4 Å². The van der Waals surface area contributed by atoms with Crippen molar-refractivity contribution in [3.05, 3.63) is 44.7 Å². The van der Waals surface area contributed by atoms with Gasteiger partial charge >= 0.3 is 0 Å². The Labute approximate surface area is 158 Å². The number of carbonyl (C=O) groups is 1. The molecule has 0 fully saturated rings. The van der Waals surface area contributed by atoms with Crippen LogP contribution in [-0.2, 0) is 19.6 Å². The van der Waals surface area contributed by atoms with Crippen LogP contribution in [0.25, 0.3) is 0 Å². The molecule has 1 amide bonds. The number of hydrogen-bond donors (Lipinski definition) is 1. The number of rotatable bonds is 5. The zero-order valence-electron chi connectivity index (χ0n) is 16.4. The second kappa shape index (κ2) is 7.98. The van der Waals surface area contributed by atoms with Crippen molar-refractivity contribution in [2.24, 2.45) is 0 Å². The van der Waals surface area contributed by atoms with Gasteiger partial charge in [-0.2, -0.15) is 0 Å². The molecule has 1 aliphatic rings. The first-order valence-corrected chi connectivity index (χ1v) is 9.50. The van der Waals surface area contributed by atoms with Gasteiger partial charge in [0.15, 0.2) is 0 Å². The van der Waals surface area contributed by atoms with Crippen LogP contribution in [0, 0.1) is 13.8 Å². The van der Waals surface area contributed by atoms with E-state index in [0.717, 1.165) is 36.2 Å². The maximum atomic E-state index is 12.9. The first kappa shape index (κ1) is 19.2. The van der Waals surface area contributed by atoms with Gasteiger partial charge in [-0.3, -0.25) is 9.59 Å². The minimum absolute atomic E-state index is 0.00808. The van der Waals surface area contributed by atoms with E-state index in [4.69, 9.17) is 9.26 Å². The topological polar surface area (TPSA) is 86.4 Å². The van der Waals surface area contributed by atoms with Crippen molar-refractivity contribution in [2.45, 2.75) is 72.6 Å². The van der Waals surface area contributed by atoms with Crippen molar-refractivity contribution < 1.29 is 14.1 Å². The highest BCUT2D eigenvalue weighted by molar-refractivity contribution is 5.98. The molecule has 0 atom stereocenters. The molecule has 0 radical (unpaired) electrons. The number of hydrogen-bond acceptors (Lipinski definition) is 5. The van der Waals surface area contributed by atoms with Gasteiger partial charge in [0.25, 0.3) is 11.5 Å². The van der Waals surface area contributed by atoms with Crippen molar-refractivity contribution in [1.82, 2.24) is 15.0 Å². The zero-order valence-corrected chi connectivity index (χ0v) is 16.4. The Morgan fingerprint density at radius 2 is 2.11 bits per heavy atom. The summed E-state index contributed by atoms with van der Waals surface area (Å²) in [6, 6.07) is 1.42. The van der Waals surface area contributed by atoms with Crippen LogP contribution in [0.4, 0.5) is 0 Å². The molecule has 0 unspecified atom stereocenters. The lowest BCUT2D eigenvalue weighted by atomic mass is 10.1. The summed E-state index contributed by atoms with van der Waals surface area (Å²) in [5.41, 5.74) is 2.69. The van der Waals surface area contributed by atoms with E-state index in [1.165, 1.54) is 6.07 Å². The molecule has 7 heteroatoms. The van der Waals surface area contributed by atoms with Gasteiger partial charge < -0.3 is 19.1 Å². The summed E-state index contributed by atoms with van der Waals surface area (Å²) in [4.78, 5) is 25.6. The number of ether oxygens (including phenoxy) is 1. The maximum Gasteiger partial charge on any atom is 0.257 e. The molecule has 27 heavy (non-hydrogen) atoms. The third kappa shape index (κ3) is 4.07. The van der Waals surface area contributed by atoms with Crippen LogP contribution in [0.5, 0.6) is 5.75 Å². The van der Waals surface area contributed by atoms with Crippen LogP contribution in [-0.4, -0.2) is 21.7 Å². The number of aromatic nitrogens is 2. The summed E-state index contributed by atoms with van der Waals surface area (Å²) < 4.78 is 12.9. The Bertz CT molecular complexity index is 876. The number of aryl methyl sites for hydroxylation is 2. The average Bonchev–Trinajstić information content (AvgIpc) is 2.80. The van der Waals surface area contributed by atoms with E-state index in [1.807, 2.05) is 27.7 Å². The maximum absolute atomic E-state index is 12.9. The van der Waals surface area contributed by atoms with Crippen molar-refractivity contribution in [3.63, 3.8) is 0 Å². The largest absolute Gasteiger partial charge is 0.488 e. The molecule has 0 spiro atoms. The molecule has 0 bridgehead atoms. The third-order valence-electron chi connectivity index (χ3n) is 4.88. The third-order valence-corrected chi connectivity index (χ3v) is 4.88. The summed E-state index contributed by atoms with van der Waals surface area (Å²) in [5.74, 6) is 0.794. The Kier molecular flexibility index (Phi) is 5.68. The number of amides is 1. The van der Waals surface area contributed by atoms with Crippen LogP contribution in [0.1, 0.15) is 66.2 Å². The lowest BCUT2D eigenvalue weighted by Crippen LogP contribution is -2.34. The molecular formula is C20H27N3O4. The Balaban J connectivity index is 2.03. The van der Waals surface area contributed by atoms with Crippen molar-refractivity contribution in [1.29, 1.82) is 0 Å². The van der Waals surface area contributed by atoms with Crippen molar-refractivity contribution in [2.75, 3.05) is 0 Å². The number of nitrogens with one attached hydrogen (secondary N) is 1. The summed E-state index contributed by atoms with van der Waals surface area (Å²) in [6.45, 7) is 8.32. The highest BCUT2D eigenvalue weighted by Gasteiger charge is 2.24. The summed E-state index contributed by atoms with van der Waals surface area (Å²) >= 11 is 0. The fraction of sp³-hybridized carbons (Fsp3) is 0.550. The normalized spacial score (nSPS) is 14.0. The van der Waals surface area contributed by atoms with Crippen LogP contribution in [0.3, 0.4) is 0 Å². The Hall–Kier alpha value is -2.57. The predicted molar refractivity (Wildman–Crippen MR) is 101 cm³/mol. The fourth-order valence-electron chi connectivity index (χ4n) is 3.47. The van der Waals surface area contributed by atoms with Gasteiger partial charge in [-0.25, -0.2) is 0 Å². The molecule has 0 saturated heterocycles. The molecule has 0 aromatic carbocycles. The molecule has 7 nitrogen and oxygen atoms in total. The molecule has 3 heterocycles. The molecule has 3 rings (SSSR count). The van der Waals surface area contributed by atoms with Gasteiger partial charge in [0.05, 0.1) is 11.3 Å². The highest BCUT2D eigenvalue weighted by Crippen LogP contribution is 2.26. The minimum Gasteiger partial charge on any atom is -0.488 e. The van der Waals surface area contributed by atoms with E-state index < -0.39 is 0 Å². The lowest BCUT2D eigenvalue weighted by Gasteiger charge is -2.19. The van der Waals surface area contributed by atoms with Crippen LogP contribution in [0.2, 0.25) is 0 Å². The van der Waals surface area contributed by atoms with E-state index in [1.54, 1.807) is 4.57 Å². The molecule has 146 valence electrons. The fourth-order valence-corrected chi connectivity index (χ4v) is 3.47. The number of carbonyl (C=O) groups excluding carboxylic acids is 1. The first-order chi connectivity index (χ1) is 12.9. The quantitative estimate of drug-likeness (QED) is 0.871. The van der Waals surface area contributed by atoms with E-state index >= 15 is 0 Å². The molecule has 0 aliphatic carbocycles. The lowest BCUT2D eigenvalue weighted by molar-refractivity contribution is 0.0936. The first-order valence-electron chi connectivity index (χ1n) is 9.50. The van der Waals surface area contributed by atoms with E-state index in [9.17, 15) is 9.59 Å². The van der Waals surface area contributed by atoms with E-state index in [2.05, 4.69) is 10.5 Å². The number of nitrogens with zero attached hydrogens (tertiary/aromatic N) is 2. The molecular weight excluding hydrogens is 346 g/mol. The zero-order chi connectivity index (χ0) is 19.6. The van der Waals surface area contributed by atoms with E-state index in [-0.39, 0.29) is 24.1 Å². The van der Waals surface area contributed by atoms with Gasteiger partial charge in [-0.05, 0) is 47.0 Å². The Morgan fingerprint density at radius 1 is 1.33 bits per heavy atom. The minimum atomic E-state index is -0.204. The second-order valence-electron chi connectivity index (χ2n) is 7.35. The van der Waals surface area contributed by atoms with Gasteiger partial charge in [-0.1, -0.05) is 11.6 Å².